The van der Waals surface area contributed by atoms with Crippen LogP contribution in [0.25, 0.3) is 0 Å². The summed E-state index contributed by atoms with van der Waals surface area (Å²) in [5, 5.41) is 20.2. The summed E-state index contributed by atoms with van der Waals surface area (Å²) in [6, 6.07) is 7.19. The molecule has 42 heavy (non-hydrogen) atoms. The monoisotopic (exact) mass is 604 g/mol. The summed E-state index contributed by atoms with van der Waals surface area (Å²) < 4.78 is 27.9. The van der Waals surface area contributed by atoms with Gasteiger partial charge in [0.15, 0.2) is 29.2 Å². The third-order valence-electron chi connectivity index (χ3n) is 5.79. The molecule has 0 unspecified atom stereocenters. The van der Waals surface area contributed by atoms with Gasteiger partial charge in [-0.3, -0.25) is 5.43 Å². The van der Waals surface area contributed by atoms with Crippen molar-refractivity contribution in [2.75, 3.05) is 26.9 Å². The first-order chi connectivity index (χ1) is 20.1. The number of halogens is 1. The van der Waals surface area contributed by atoms with Gasteiger partial charge >= 0.3 is 12.0 Å². The average molecular weight is 605 g/mol. The number of hydrazone groups is 1. The number of aliphatic hydroxyl groups is 1. The van der Waals surface area contributed by atoms with Crippen LogP contribution in [-0.2, 0) is 9.53 Å². The summed E-state index contributed by atoms with van der Waals surface area (Å²) in [6.07, 6.45) is 0.237. The molecule has 2 amide bonds. The molecule has 0 saturated carbocycles. The molecular formula is C29H37ClN4O8. The zero-order valence-corrected chi connectivity index (χ0v) is 25.2. The van der Waals surface area contributed by atoms with Gasteiger partial charge in [0.05, 0.1) is 49.3 Å². The van der Waals surface area contributed by atoms with Crippen molar-refractivity contribution >= 4 is 29.8 Å². The molecule has 4 N–H and O–H groups in total. The van der Waals surface area contributed by atoms with E-state index in [0.717, 1.165) is 0 Å². The number of rotatable bonds is 14. The van der Waals surface area contributed by atoms with E-state index in [9.17, 15) is 14.7 Å². The molecule has 1 aliphatic heterocycles. The van der Waals surface area contributed by atoms with Crippen LogP contribution in [0.1, 0.15) is 51.8 Å². The van der Waals surface area contributed by atoms with Gasteiger partial charge in [-0.2, -0.15) is 5.10 Å². The van der Waals surface area contributed by atoms with E-state index in [4.69, 9.17) is 35.3 Å². The largest absolute Gasteiger partial charge is 0.490 e. The van der Waals surface area contributed by atoms with Gasteiger partial charge in [0.25, 0.3) is 0 Å². The van der Waals surface area contributed by atoms with Gasteiger partial charge in [0.1, 0.15) is 6.61 Å². The predicted molar refractivity (Wildman–Crippen MR) is 157 cm³/mol. The van der Waals surface area contributed by atoms with E-state index in [0.29, 0.717) is 58.1 Å². The molecular weight excluding hydrogens is 568 g/mol. The number of carbonyl (C=O) groups is 2. The fourth-order valence-corrected chi connectivity index (χ4v) is 4.36. The Bertz CT molecular complexity index is 1330. The van der Waals surface area contributed by atoms with Crippen molar-refractivity contribution in [3.63, 3.8) is 0 Å². The topological polar surface area (TPSA) is 149 Å². The molecule has 228 valence electrons. The summed E-state index contributed by atoms with van der Waals surface area (Å²) in [5.74, 6) is 1.08. The average Bonchev–Trinajstić information content (AvgIpc) is 2.93. The van der Waals surface area contributed by atoms with Gasteiger partial charge < -0.3 is 39.4 Å². The lowest BCUT2D eigenvalue weighted by Crippen LogP contribution is -2.45. The highest BCUT2D eigenvalue weighted by molar-refractivity contribution is 6.32. The number of hydrogen-bond acceptors (Lipinski definition) is 10. The first-order valence-electron chi connectivity index (χ1n) is 13.4. The summed E-state index contributed by atoms with van der Waals surface area (Å²) in [4.78, 5) is 24.6. The van der Waals surface area contributed by atoms with Gasteiger partial charge in [-0.25, -0.2) is 9.59 Å². The highest BCUT2D eigenvalue weighted by Gasteiger charge is 2.32. The molecule has 3 rings (SSSR count). The zero-order chi connectivity index (χ0) is 30.8. The molecule has 2 atom stereocenters. The van der Waals surface area contributed by atoms with Crippen molar-refractivity contribution < 1.29 is 38.4 Å². The third-order valence-corrected chi connectivity index (χ3v) is 6.08. The maximum Gasteiger partial charge on any atom is 0.337 e. The van der Waals surface area contributed by atoms with Gasteiger partial charge in [0, 0.05) is 5.70 Å². The number of ether oxygens (including phenoxy) is 5. The van der Waals surface area contributed by atoms with Crippen molar-refractivity contribution in [3.8, 4) is 23.0 Å². The lowest BCUT2D eigenvalue weighted by Gasteiger charge is -2.28. The number of hydrogen-bond donors (Lipinski definition) is 4. The number of aliphatic hydroxyl groups excluding tert-OH is 1. The fourth-order valence-electron chi connectivity index (χ4n) is 4.10. The van der Waals surface area contributed by atoms with Crippen LogP contribution in [0.4, 0.5) is 4.79 Å². The van der Waals surface area contributed by atoms with E-state index in [-0.39, 0.29) is 18.3 Å². The minimum absolute atomic E-state index is 0.0822. The van der Waals surface area contributed by atoms with Crippen LogP contribution in [-0.4, -0.2) is 62.6 Å². The van der Waals surface area contributed by atoms with Crippen molar-refractivity contribution in [1.29, 1.82) is 0 Å². The molecule has 2 aromatic rings. The number of methoxy groups -OCH3 is 1. The second-order valence-electron chi connectivity index (χ2n) is 9.34. The van der Waals surface area contributed by atoms with Crippen LogP contribution in [0.15, 0.2) is 46.7 Å². The number of amides is 2. The first-order valence-corrected chi connectivity index (χ1v) is 13.8. The molecule has 1 heterocycles. The van der Waals surface area contributed by atoms with E-state index >= 15 is 0 Å². The molecule has 12 nitrogen and oxygen atoms in total. The molecule has 0 bridgehead atoms. The van der Waals surface area contributed by atoms with Crippen molar-refractivity contribution in [2.24, 2.45) is 5.10 Å². The van der Waals surface area contributed by atoms with Gasteiger partial charge in [-0.15, -0.1) is 0 Å². The van der Waals surface area contributed by atoms with Crippen LogP contribution in [0.3, 0.4) is 0 Å². The SMILES string of the molecule is CCOc1cc([C@H]2NC(=O)NC(C)=C2C(=O)OC)ccc1OC[C@@H](O)N/N=C/c1cc(Cl)c(OC(C)C)c(OCC)c1. The Kier molecular flexibility index (Phi) is 11.7. The quantitative estimate of drug-likeness (QED) is 0.108. The Morgan fingerprint density at radius 3 is 2.50 bits per heavy atom. The molecule has 0 saturated heterocycles. The summed E-state index contributed by atoms with van der Waals surface area (Å²) in [5.41, 5.74) is 4.47. The Morgan fingerprint density at radius 1 is 1.12 bits per heavy atom. The second kappa shape index (κ2) is 15.2. The maximum atomic E-state index is 12.4. The van der Waals surface area contributed by atoms with Gasteiger partial charge in [0.2, 0.25) is 0 Å². The Balaban J connectivity index is 1.70. The molecule has 0 radical (unpaired) electrons. The lowest BCUT2D eigenvalue weighted by molar-refractivity contribution is -0.136. The first kappa shape index (κ1) is 32.4. The molecule has 0 spiro atoms. The van der Waals surface area contributed by atoms with E-state index in [2.05, 4.69) is 21.2 Å². The van der Waals surface area contributed by atoms with Crippen molar-refractivity contribution in [1.82, 2.24) is 16.1 Å². The minimum atomic E-state index is -1.17. The predicted octanol–water partition coefficient (Wildman–Crippen LogP) is 4.05. The summed E-state index contributed by atoms with van der Waals surface area (Å²) in [6.45, 7) is 9.68. The summed E-state index contributed by atoms with van der Waals surface area (Å²) >= 11 is 6.40. The highest BCUT2D eigenvalue weighted by Crippen LogP contribution is 2.37. The number of allylic oxidation sites excluding steroid dienone is 1. The lowest BCUT2D eigenvalue weighted by atomic mass is 9.95. The number of carbonyl (C=O) groups excluding carboxylic acids is 2. The number of nitrogens with zero attached hydrogens (tertiary/aromatic N) is 1. The number of esters is 1. The number of benzene rings is 2. The maximum absolute atomic E-state index is 12.4. The normalized spacial score (nSPS) is 15.6. The van der Waals surface area contributed by atoms with Gasteiger partial charge in [-0.05, 0) is 70.0 Å². The molecule has 1 aliphatic rings. The second-order valence-corrected chi connectivity index (χ2v) is 9.75. The molecule has 13 heteroatoms. The van der Waals surface area contributed by atoms with E-state index in [1.54, 1.807) is 37.3 Å². The van der Waals surface area contributed by atoms with Crippen molar-refractivity contribution in [2.45, 2.75) is 53.0 Å². The third kappa shape index (κ3) is 8.43. The van der Waals surface area contributed by atoms with Crippen LogP contribution in [0, 0.1) is 0 Å². The molecule has 0 aromatic heterocycles. The van der Waals surface area contributed by atoms with Crippen LogP contribution < -0.4 is 35.0 Å². The van der Waals surface area contributed by atoms with Crippen LogP contribution >= 0.6 is 11.6 Å². The smallest absolute Gasteiger partial charge is 0.337 e. The van der Waals surface area contributed by atoms with Crippen molar-refractivity contribution in [3.05, 3.63) is 57.8 Å². The highest BCUT2D eigenvalue weighted by atomic mass is 35.5. The molecule has 0 fully saturated rings. The minimum Gasteiger partial charge on any atom is -0.490 e. The number of nitrogens with one attached hydrogen (secondary N) is 3. The van der Waals surface area contributed by atoms with Gasteiger partial charge in [-0.1, -0.05) is 17.7 Å². The Hall–Kier alpha value is -4.16. The zero-order valence-electron chi connectivity index (χ0n) is 24.4. The van der Waals surface area contributed by atoms with E-state index in [1.165, 1.54) is 13.3 Å². The van der Waals surface area contributed by atoms with E-state index < -0.39 is 24.3 Å². The Labute approximate surface area is 250 Å². The van der Waals surface area contributed by atoms with E-state index in [1.807, 2.05) is 27.7 Å². The standard InChI is InChI=1S/C29H37ClN4O8/c1-7-39-22-13-19(26-25(28(36)38-6)17(5)32-29(37)33-26)9-10-21(22)41-15-24(35)34-31-14-18-11-20(30)27(42-16(3)4)23(12-18)40-8-2/h9-14,16,24,26,34-35H,7-8,15H2,1-6H3,(H2,32,33,37)/b31-14+/t24-,26-/m1/s1. The molecule has 0 aliphatic carbocycles. The molecule has 2 aromatic carbocycles. The summed E-state index contributed by atoms with van der Waals surface area (Å²) in [7, 11) is 1.27. The Morgan fingerprint density at radius 2 is 1.83 bits per heavy atom. The number of urea groups is 1. The van der Waals surface area contributed by atoms with Crippen LogP contribution in [0.5, 0.6) is 23.0 Å². The van der Waals surface area contributed by atoms with Crippen LogP contribution in [0.2, 0.25) is 5.02 Å². The fraction of sp³-hybridized carbons (Fsp3) is 0.414.